The molecule has 1 N–H and O–H groups in total. The molecule has 26 heavy (non-hydrogen) atoms. The fraction of sp³-hybridized carbons (Fsp3) is 0.304. The van der Waals surface area contributed by atoms with Gasteiger partial charge in [0.05, 0.1) is 16.6 Å². The van der Waals surface area contributed by atoms with Gasteiger partial charge in [0.15, 0.2) is 0 Å². The molecular formula is C23H23N3. The summed E-state index contributed by atoms with van der Waals surface area (Å²) in [5.41, 5.74) is 4.84. The number of pyridine rings is 1. The van der Waals surface area contributed by atoms with E-state index in [2.05, 4.69) is 64.6 Å². The fourth-order valence-electron chi connectivity index (χ4n) is 4.53. The molecule has 2 heterocycles. The van der Waals surface area contributed by atoms with Crippen LogP contribution in [0.1, 0.15) is 43.0 Å². The van der Waals surface area contributed by atoms with Crippen molar-refractivity contribution in [1.82, 2.24) is 15.0 Å². The quantitative estimate of drug-likeness (QED) is 0.525. The average molecular weight is 341 g/mol. The SMILES string of the molecule is c1ccc2[nH]c(CC3CCC(c4ccnc5ccccc45)CC3)nc2c1. The molecule has 2 aromatic heterocycles. The second-order valence-corrected chi connectivity index (χ2v) is 7.54. The van der Waals surface area contributed by atoms with Gasteiger partial charge in [0.2, 0.25) is 0 Å². The van der Waals surface area contributed by atoms with Gasteiger partial charge in [-0.2, -0.15) is 0 Å². The maximum absolute atomic E-state index is 4.76. The summed E-state index contributed by atoms with van der Waals surface area (Å²) in [6.45, 7) is 0. The number of hydrogen-bond donors (Lipinski definition) is 1. The van der Waals surface area contributed by atoms with E-state index in [1.54, 1.807) is 0 Å². The van der Waals surface area contributed by atoms with Crippen molar-refractivity contribution in [2.45, 2.75) is 38.0 Å². The highest BCUT2D eigenvalue weighted by Crippen LogP contribution is 2.39. The molecule has 0 radical (unpaired) electrons. The highest BCUT2D eigenvalue weighted by atomic mass is 14.9. The molecule has 0 unspecified atom stereocenters. The molecule has 1 fully saturated rings. The third-order valence-corrected chi connectivity index (χ3v) is 5.89. The van der Waals surface area contributed by atoms with Crippen LogP contribution in [0.3, 0.4) is 0 Å². The molecule has 1 aliphatic rings. The minimum absolute atomic E-state index is 0.662. The predicted molar refractivity (Wildman–Crippen MR) is 106 cm³/mol. The maximum atomic E-state index is 4.76. The predicted octanol–water partition coefficient (Wildman–Crippen LogP) is 5.63. The second kappa shape index (κ2) is 6.56. The fourth-order valence-corrected chi connectivity index (χ4v) is 4.53. The summed E-state index contributed by atoms with van der Waals surface area (Å²) in [6, 6.07) is 19.1. The van der Waals surface area contributed by atoms with E-state index in [0.717, 1.165) is 34.7 Å². The lowest BCUT2D eigenvalue weighted by Crippen LogP contribution is -2.16. The van der Waals surface area contributed by atoms with E-state index < -0.39 is 0 Å². The molecule has 3 nitrogen and oxygen atoms in total. The van der Waals surface area contributed by atoms with Gasteiger partial charge in [0.1, 0.15) is 5.82 Å². The highest BCUT2D eigenvalue weighted by molar-refractivity contribution is 5.82. The van der Waals surface area contributed by atoms with Crippen LogP contribution in [0.25, 0.3) is 21.9 Å². The van der Waals surface area contributed by atoms with Crippen molar-refractivity contribution in [1.29, 1.82) is 0 Å². The summed E-state index contributed by atoms with van der Waals surface area (Å²) >= 11 is 0. The third kappa shape index (κ3) is 2.88. The van der Waals surface area contributed by atoms with Crippen molar-refractivity contribution >= 4 is 21.9 Å². The van der Waals surface area contributed by atoms with E-state index in [0.29, 0.717) is 5.92 Å². The van der Waals surface area contributed by atoms with E-state index >= 15 is 0 Å². The van der Waals surface area contributed by atoms with Gasteiger partial charge in [-0.1, -0.05) is 30.3 Å². The van der Waals surface area contributed by atoms with E-state index in [9.17, 15) is 0 Å². The summed E-state index contributed by atoms with van der Waals surface area (Å²) < 4.78 is 0. The molecule has 3 heteroatoms. The number of hydrogen-bond acceptors (Lipinski definition) is 2. The standard InChI is InChI=1S/C23H23N3/c1-2-6-20-19(5-1)18(13-14-24-20)17-11-9-16(10-12-17)15-23-25-21-7-3-4-8-22(21)26-23/h1-8,13-14,16-17H,9-12,15H2,(H,25,26). The molecule has 0 bridgehead atoms. The summed E-state index contributed by atoms with van der Waals surface area (Å²) in [5, 5.41) is 1.33. The topological polar surface area (TPSA) is 41.6 Å². The van der Waals surface area contributed by atoms with Crippen LogP contribution in [0.4, 0.5) is 0 Å². The zero-order chi connectivity index (χ0) is 17.3. The zero-order valence-corrected chi connectivity index (χ0v) is 14.9. The Balaban J connectivity index is 1.30. The van der Waals surface area contributed by atoms with Gasteiger partial charge < -0.3 is 4.98 Å². The summed E-state index contributed by atoms with van der Waals surface area (Å²) in [7, 11) is 0. The summed E-state index contributed by atoms with van der Waals surface area (Å²) in [5.74, 6) is 2.54. The van der Waals surface area contributed by atoms with Crippen molar-refractivity contribution in [2.75, 3.05) is 0 Å². The lowest BCUT2D eigenvalue weighted by Gasteiger charge is -2.29. The molecule has 0 atom stereocenters. The van der Waals surface area contributed by atoms with E-state index in [1.165, 1.54) is 36.6 Å². The van der Waals surface area contributed by atoms with Crippen LogP contribution in [0.5, 0.6) is 0 Å². The summed E-state index contributed by atoms with van der Waals surface area (Å²) in [4.78, 5) is 12.8. The van der Waals surface area contributed by atoms with E-state index in [1.807, 2.05) is 6.20 Å². The van der Waals surface area contributed by atoms with Crippen LogP contribution < -0.4 is 0 Å². The minimum Gasteiger partial charge on any atom is -0.342 e. The first kappa shape index (κ1) is 15.6. The van der Waals surface area contributed by atoms with Crippen LogP contribution >= 0.6 is 0 Å². The van der Waals surface area contributed by atoms with E-state index in [4.69, 9.17) is 4.98 Å². The number of nitrogens with one attached hydrogen (secondary N) is 1. The molecule has 2 aromatic carbocycles. The van der Waals surface area contributed by atoms with Gasteiger partial charge in [0.25, 0.3) is 0 Å². The molecule has 0 saturated heterocycles. The molecular weight excluding hydrogens is 318 g/mol. The Morgan fingerprint density at radius 3 is 2.46 bits per heavy atom. The molecule has 0 aliphatic heterocycles. The number of rotatable bonds is 3. The lowest BCUT2D eigenvalue weighted by molar-refractivity contribution is 0.322. The minimum atomic E-state index is 0.662. The third-order valence-electron chi connectivity index (χ3n) is 5.89. The molecule has 0 amide bonds. The van der Waals surface area contributed by atoms with Crippen LogP contribution in [0.15, 0.2) is 60.8 Å². The van der Waals surface area contributed by atoms with Crippen LogP contribution in [0.2, 0.25) is 0 Å². The van der Waals surface area contributed by atoms with Crippen molar-refractivity contribution < 1.29 is 0 Å². The Morgan fingerprint density at radius 1 is 0.846 bits per heavy atom. The molecule has 4 aromatic rings. The van der Waals surface area contributed by atoms with Gasteiger partial charge in [-0.25, -0.2) is 4.98 Å². The number of aromatic nitrogens is 3. The van der Waals surface area contributed by atoms with Gasteiger partial charge in [-0.15, -0.1) is 0 Å². The number of fused-ring (bicyclic) bond motifs is 2. The molecule has 130 valence electrons. The first-order valence-corrected chi connectivity index (χ1v) is 9.64. The average Bonchev–Trinajstić information content (AvgIpc) is 3.10. The highest BCUT2D eigenvalue weighted by Gasteiger charge is 2.24. The van der Waals surface area contributed by atoms with Crippen LogP contribution in [-0.2, 0) is 6.42 Å². The van der Waals surface area contributed by atoms with Crippen molar-refractivity contribution in [3.63, 3.8) is 0 Å². The number of nitrogens with zero attached hydrogens (tertiary/aromatic N) is 2. The number of imidazole rings is 1. The van der Waals surface area contributed by atoms with Crippen LogP contribution in [-0.4, -0.2) is 15.0 Å². The number of aromatic amines is 1. The van der Waals surface area contributed by atoms with Gasteiger partial charge in [-0.3, -0.25) is 4.98 Å². The lowest BCUT2D eigenvalue weighted by atomic mass is 9.77. The largest absolute Gasteiger partial charge is 0.342 e. The Hall–Kier alpha value is -2.68. The Bertz CT molecular complexity index is 1000. The molecule has 0 spiro atoms. The Kier molecular flexibility index (Phi) is 3.93. The molecule has 5 rings (SSSR count). The Labute approximate surface area is 153 Å². The monoisotopic (exact) mass is 341 g/mol. The van der Waals surface area contributed by atoms with Crippen molar-refractivity contribution in [3.8, 4) is 0 Å². The van der Waals surface area contributed by atoms with Gasteiger partial charge in [0, 0.05) is 18.0 Å². The van der Waals surface area contributed by atoms with Gasteiger partial charge >= 0.3 is 0 Å². The zero-order valence-electron chi connectivity index (χ0n) is 14.9. The number of benzene rings is 2. The van der Waals surface area contributed by atoms with Gasteiger partial charge in [-0.05, 0) is 67.3 Å². The maximum Gasteiger partial charge on any atom is 0.107 e. The smallest absolute Gasteiger partial charge is 0.107 e. The first-order chi connectivity index (χ1) is 12.9. The van der Waals surface area contributed by atoms with Crippen LogP contribution in [0, 0.1) is 5.92 Å². The number of para-hydroxylation sites is 3. The molecule has 1 saturated carbocycles. The second-order valence-electron chi connectivity index (χ2n) is 7.54. The first-order valence-electron chi connectivity index (χ1n) is 9.64. The number of H-pyrrole nitrogens is 1. The normalized spacial score (nSPS) is 20.6. The molecule has 1 aliphatic carbocycles. The summed E-state index contributed by atoms with van der Waals surface area (Å²) in [6.07, 6.45) is 8.12. The van der Waals surface area contributed by atoms with Crippen molar-refractivity contribution in [2.24, 2.45) is 5.92 Å². The van der Waals surface area contributed by atoms with Crippen molar-refractivity contribution in [3.05, 3.63) is 72.2 Å². The van der Waals surface area contributed by atoms with E-state index in [-0.39, 0.29) is 0 Å². The Morgan fingerprint density at radius 2 is 1.62 bits per heavy atom.